The minimum Gasteiger partial charge on any atom is -0.143 e. The quantitative estimate of drug-likeness (QED) is 0.333. The molecule has 122 valence electrons. The molecular formula is C20H18S4. The summed E-state index contributed by atoms with van der Waals surface area (Å²) in [6.07, 6.45) is 0. The summed E-state index contributed by atoms with van der Waals surface area (Å²) in [7, 11) is 0. The number of rotatable bonds is 3. The summed E-state index contributed by atoms with van der Waals surface area (Å²) in [6, 6.07) is 9.00. The molecule has 0 saturated carbocycles. The van der Waals surface area contributed by atoms with Gasteiger partial charge in [-0.3, -0.25) is 0 Å². The predicted molar refractivity (Wildman–Crippen MR) is 113 cm³/mol. The second-order valence-corrected chi connectivity index (χ2v) is 9.98. The number of aryl methyl sites for hydroxylation is 2. The zero-order valence-corrected chi connectivity index (χ0v) is 17.4. The molecule has 4 rings (SSSR count). The monoisotopic (exact) mass is 386 g/mol. The van der Waals surface area contributed by atoms with E-state index in [0.717, 1.165) is 0 Å². The largest absolute Gasteiger partial charge is 0.143 e. The molecule has 0 amide bonds. The Morgan fingerprint density at radius 1 is 0.542 bits per heavy atom. The van der Waals surface area contributed by atoms with Crippen LogP contribution in [0.15, 0.2) is 35.0 Å². The maximum absolute atomic E-state index is 2.29. The van der Waals surface area contributed by atoms with Gasteiger partial charge in [-0.25, -0.2) is 0 Å². The van der Waals surface area contributed by atoms with Crippen LogP contribution in [0.1, 0.15) is 22.3 Å². The number of thiophene rings is 4. The van der Waals surface area contributed by atoms with Crippen LogP contribution in [0.25, 0.3) is 29.3 Å². The molecule has 4 aromatic heterocycles. The van der Waals surface area contributed by atoms with Gasteiger partial charge in [-0.15, -0.1) is 45.3 Å². The van der Waals surface area contributed by atoms with Crippen LogP contribution in [0.3, 0.4) is 0 Å². The van der Waals surface area contributed by atoms with Crippen molar-refractivity contribution >= 4 is 45.3 Å². The minimum atomic E-state index is 1.38. The van der Waals surface area contributed by atoms with Crippen molar-refractivity contribution < 1.29 is 0 Å². The van der Waals surface area contributed by atoms with E-state index >= 15 is 0 Å². The van der Waals surface area contributed by atoms with E-state index in [1.807, 2.05) is 45.3 Å². The molecule has 0 atom stereocenters. The Balaban J connectivity index is 1.80. The smallest absolute Gasteiger partial charge is 0.0484 e. The fourth-order valence-corrected chi connectivity index (χ4v) is 7.66. The summed E-state index contributed by atoms with van der Waals surface area (Å²) >= 11 is 7.56. The van der Waals surface area contributed by atoms with Crippen LogP contribution >= 0.6 is 45.3 Å². The Morgan fingerprint density at radius 3 is 1.67 bits per heavy atom. The number of hydrogen-bond acceptors (Lipinski definition) is 4. The third-order valence-electron chi connectivity index (χ3n) is 4.43. The topological polar surface area (TPSA) is 0 Å². The van der Waals surface area contributed by atoms with E-state index in [1.165, 1.54) is 51.5 Å². The van der Waals surface area contributed by atoms with Gasteiger partial charge in [0.1, 0.15) is 0 Å². The van der Waals surface area contributed by atoms with Crippen molar-refractivity contribution in [1.29, 1.82) is 0 Å². The van der Waals surface area contributed by atoms with E-state index in [0.29, 0.717) is 0 Å². The first-order valence-corrected chi connectivity index (χ1v) is 11.2. The molecule has 24 heavy (non-hydrogen) atoms. The summed E-state index contributed by atoms with van der Waals surface area (Å²) in [6.45, 7) is 8.94. The van der Waals surface area contributed by atoms with Crippen molar-refractivity contribution in [3.05, 3.63) is 57.3 Å². The molecule has 0 aliphatic carbocycles. The Kier molecular flexibility index (Phi) is 4.25. The van der Waals surface area contributed by atoms with Gasteiger partial charge in [-0.05, 0) is 85.0 Å². The van der Waals surface area contributed by atoms with Crippen LogP contribution in [-0.2, 0) is 0 Å². The van der Waals surface area contributed by atoms with Gasteiger partial charge in [0.25, 0.3) is 0 Å². The van der Waals surface area contributed by atoms with Gasteiger partial charge >= 0.3 is 0 Å². The predicted octanol–water partition coefficient (Wildman–Crippen LogP) is 8.17. The van der Waals surface area contributed by atoms with Gasteiger partial charge in [0.15, 0.2) is 0 Å². The first-order valence-electron chi connectivity index (χ1n) is 7.85. The highest BCUT2D eigenvalue weighted by Gasteiger charge is 2.18. The molecule has 0 fully saturated rings. The summed E-state index contributed by atoms with van der Waals surface area (Å²) in [4.78, 5) is 8.49. The first-order chi connectivity index (χ1) is 11.6. The van der Waals surface area contributed by atoms with Crippen LogP contribution in [0.5, 0.6) is 0 Å². The molecule has 4 aromatic rings. The maximum Gasteiger partial charge on any atom is 0.0484 e. The summed E-state index contributed by atoms with van der Waals surface area (Å²) in [5.74, 6) is 0. The van der Waals surface area contributed by atoms with Crippen LogP contribution in [0.2, 0.25) is 0 Å². The lowest BCUT2D eigenvalue weighted by atomic mass is 10.1. The average Bonchev–Trinajstić information content (AvgIpc) is 3.31. The molecule has 0 aromatic carbocycles. The molecule has 0 aliphatic heterocycles. The molecule has 0 saturated heterocycles. The molecule has 0 unspecified atom stereocenters. The highest BCUT2D eigenvalue weighted by atomic mass is 32.1. The van der Waals surface area contributed by atoms with Crippen molar-refractivity contribution in [2.45, 2.75) is 27.7 Å². The fraction of sp³-hybridized carbons (Fsp3) is 0.200. The lowest BCUT2D eigenvalue weighted by Crippen LogP contribution is -1.77. The van der Waals surface area contributed by atoms with Crippen molar-refractivity contribution in [3.8, 4) is 29.3 Å². The second kappa shape index (κ2) is 6.26. The molecule has 0 spiro atoms. The lowest BCUT2D eigenvalue weighted by molar-refractivity contribution is 1.40. The SMILES string of the molecule is Cc1ccsc1-c1ccc(-c2sc(-c3sccc3C)c(C)c2C)s1. The Labute approximate surface area is 159 Å². The highest BCUT2D eigenvalue weighted by Crippen LogP contribution is 2.47. The second-order valence-electron chi connectivity index (χ2n) is 6.04. The first kappa shape index (κ1) is 16.3. The highest BCUT2D eigenvalue weighted by molar-refractivity contribution is 7.28. The van der Waals surface area contributed by atoms with E-state index in [4.69, 9.17) is 0 Å². The molecule has 0 bridgehead atoms. The van der Waals surface area contributed by atoms with Crippen molar-refractivity contribution in [2.75, 3.05) is 0 Å². The summed E-state index contributed by atoms with van der Waals surface area (Å²) in [5, 5.41) is 4.38. The molecular weight excluding hydrogens is 368 g/mol. The maximum atomic E-state index is 2.29. The zero-order valence-electron chi connectivity index (χ0n) is 14.1. The molecule has 0 aliphatic rings. The van der Waals surface area contributed by atoms with Crippen LogP contribution in [0.4, 0.5) is 0 Å². The van der Waals surface area contributed by atoms with Gasteiger partial charge in [0.05, 0.1) is 0 Å². The third kappa shape index (κ3) is 2.62. The molecule has 0 nitrogen and oxygen atoms in total. The number of hydrogen-bond donors (Lipinski definition) is 0. The fourth-order valence-electron chi connectivity index (χ4n) is 2.86. The van der Waals surface area contributed by atoms with Gasteiger partial charge in [-0.1, -0.05) is 0 Å². The normalized spacial score (nSPS) is 11.3. The van der Waals surface area contributed by atoms with E-state index in [2.05, 4.69) is 62.7 Å². The summed E-state index contributed by atoms with van der Waals surface area (Å²) in [5.41, 5.74) is 5.63. The Morgan fingerprint density at radius 2 is 1.08 bits per heavy atom. The van der Waals surface area contributed by atoms with Crippen molar-refractivity contribution in [3.63, 3.8) is 0 Å². The van der Waals surface area contributed by atoms with Crippen molar-refractivity contribution in [1.82, 2.24) is 0 Å². The zero-order chi connectivity index (χ0) is 16.8. The molecule has 4 heterocycles. The van der Waals surface area contributed by atoms with Gasteiger partial charge < -0.3 is 0 Å². The molecule has 4 heteroatoms. The van der Waals surface area contributed by atoms with E-state index in [1.54, 1.807) is 0 Å². The van der Waals surface area contributed by atoms with Crippen LogP contribution in [-0.4, -0.2) is 0 Å². The van der Waals surface area contributed by atoms with Crippen molar-refractivity contribution in [2.24, 2.45) is 0 Å². The molecule has 0 N–H and O–H groups in total. The Bertz CT molecular complexity index is 1010. The average molecular weight is 387 g/mol. The lowest BCUT2D eigenvalue weighted by Gasteiger charge is -1.98. The Hall–Kier alpha value is -1.20. The van der Waals surface area contributed by atoms with E-state index in [-0.39, 0.29) is 0 Å². The van der Waals surface area contributed by atoms with Crippen LogP contribution in [0, 0.1) is 27.7 Å². The van der Waals surface area contributed by atoms with Gasteiger partial charge in [-0.2, -0.15) is 0 Å². The van der Waals surface area contributed by atoms with Gasteiger partial charge in [0, 0.05) is 29.3 Å². The third-order valence-corrected chi connectivity index (χ3v) is 9.47. The van der Waals surface area contributed by atoms with Crippen LogP contribution < -0.4 is 0 Å². The van der Waals surface area contributed by atoms with E-state index in [9.17, 15) is 0 Å². The van der Waals surface area contributed by atoms with Gasteiger partial charge in [0.2, 0.25) is 0 Å². The minimum absolute atomic E-state index is 1.38. The summed E-state index contributed by atoms with van der Waals surface area (Å²) < 4.78 is 0. The standard InChI is InChI=1S/C20H18S4/c1-11-7-9-21-17(11)15-5-6-16(23-15)19-13(3)14(4)20(24-19)18-12(2)8-10-22-18/h5-10H,1-4H3. The van der Waals surface area contributed by atoms with E-state index < -0.39 is 0 Å². The molecule has 0 radical (unpaired) electrons.